The fourth-order valence-electron chi connectivity index (χ4n) is 2.38. The second kappa shape index (κ2) is 6.82. The van der Waals surface area contributed by atoms with Crippen molar-refractivity contribution in [2.24, 2.45) is 5.92 Å². The van der Waals surface area contributed by atoms with Crippen LogP contribution in [0.15, 0.2) is 42.5 Å². The Kier molecular flexibility index (Phi) is 5.04. The predicted octanol–water partition coefficient (Wildman–Crippen LogP) is 3.51. The molecule has 122 valence electrons. The van der Waals surface area contributed by atoms with Crippen LogP contribution in [0.3, 0.4) is 0 Å². The first kappa shape index (κ1) is 17.0. The SMILES string of the molecule is COC(=O)C(Cc1ccc2ccccc2c1)C(=O)OC(C)(C)C. The third kappa shape index (κ3) is 4.55. The van der Waals surface area contributed by atoms with Crippen molar-refractivity contribution in [2.75, 3.05) is 7.11 Å². The lowest BCUT2D eigenvalue weighted by Crippen LogP contribution is -2.34. The van der Waals surface area contributed by atoms with Gasteiger partial charge in [0.05, 0.1) is 7.11 Å². The summed E-state index contributed by atoms with van der Waals surface area (Å²) in [4.78, 5) is 24.3. The predicted molar refractivity (Wildman–Crippen MR) is 89.0 cm³/mol. The lowest BCUT2D eigenvalue weighted by Gasteiger charge is -2.23. The second-order valence-corrected chi connectivity index (χ2v) is 6.49. The van der Waals surface area contributed by atoms with Crippen molar-refractivity contribution in [1.82, 2.24) is 0 Å². The van der Waals surface area contributed by atoms with Crippen molar-refractivity contribution < 1.29 is 19.1 Å². The first-order chi connectivity index (χ1) is 10.8. The minimum Gasteiger partial charge on any atom is -0.468 e. The van der Waals surface area contributed by atoms with Gasteiger partial charge in [-0.15, -0.1) is 0 Å². The van der Waals surface area contributed by atoms with Gasteiger partial charge in [0.1, 0.15) is 5.60 Å². The van der Waals surface area contributed by atoms with Crippen molar-refractivity contribution in [3.05, 3.63) is 48.0 Å². The Morgan fingerprint density at radius 1 is 1.00 bits per heavy atom. The molecule has 4 nitrogen and oxygen atoms in total. The molecule has 0 amide bonds. The molecule has 0 saturated carbocycles. The van der Waals surface area contributed by atoms with E-state index < -0.39 is 23.5 Å². The zero-order valence-corrected chi connectivity index (χ0v) is 14.0. The molecule has 2 aromatic rings. The Hall–Kier alpha value is -2.36. The third-order valence-corrected chi connectivity index (χ3v) is 3.43. The van der Waals surface area contributed by atoms with Gasteiger partial charge in [-0.1, -0.05) is 42.5 Å². The Morgan fingerprint density at radius 3 is 2.26 bits per heavy atom. The van der Waals surface area contributed by atoms with Crippen LogP contribution in [0.2, 0.25) is 0 Å². The zero-order chi connectivity index (χ0) is 17.0. The van der Waals surface area contributed by atoms with Crippen LogP contribution in [-0.2, 0) is 25.5 Å². The highest BCUT2D eigenvalue weighted by Crippen LogP contribution is 2.20. The fraction of sp³-hybridized carbons (Fsp3) is 0.368. The topological polar surface area (TPSA) is 52.6 Å². The fourth-order valence-corrected chi connectivity index (χ4v) is 2.38. The van der Waals surface area contributed by atoms with Crippen molar-refractivity contribution in [3.63, 3.8) is 0 Å². The van der Waals surface area contributed by atoms with E-state index in [2.05, 4.69) is 0 Å². The maximum absolute atomic E-state index is 12.3. The lowest BCUT2D eigenvalue weighted by molar-refractivity contribution is -0.168. The summed E-state index contributed by atoms with van der Waals surface area (Å²) in [5.41, 5.74) is 0.247. The summed E-state index contributed by atoms with van der Waals surface area (Å²) in [6, 6.07) is 13.8. The molecule has 0 N–H and O–H groups in total. The molecule has 4 heteroatoms. The van der Waals surface area contributed by atoms with E-state index in [1.165, 1.54) is 7.11 Å². The molecular weight excluding hydrogens is 292 g/mol. The third-order valence-electron chi connectivity index (χ3n) is 3.43. The molecule has 0 aliphatic carbocycles. The van der Waals surface area contributed by atoms with E-state index in [1.807, 2.05) is 42.5 Å². The molecule has 0 heterocycles. The van der Waals surface area contributed by atoms with Crippen LogP contribution >= 0.6 is 0 Å². The van der Waals surface area contributed by atoms with E-state index in [0.717, 1.165) is 16.3 Å². The second-order valence-electron chi connectivity index (χ2n) is 6.49. The van der Waals surface area contributed by atoms with Gasteiger partial charge in [0.2, 0.25) is 0 Å². The minimum atomic E-state index is -0.958. The van der Waals surface area contributed by atoms with Gasteiger partial charge in [-0.2, -0.15) is 0 Å². The Morgan fingerprint density at radius 2 is 1.65 bits per heavy atom. The summed E-state index contributed by atoms with van der Waals surface area (Å²) >= 11 is 0. The first-order valence-electron chi connectivity index (χ1n) is 7.58. The molecule has 0 aliphatic heterocycles. The molecule has 0 fully saturated rings. The minimum absolute atomic E-state index is 0.256. The van der Waals surface area contributed by atoms with Crippen LogP contribution in [0.5, 0.6) is 0 Å². The number of benzene rings is 2. The zero-order valence-electron chi connectivity index (χ0n) is 14.0. The highest BCUT2D eigenvalue weighted by molar-refractivity contribution is 5.95. The van der Waals surface area contributed by atoms with Gasteiger partial charge in [0.25, 0.3) is 0 Å². The van der Waals surface area contributed by atoms with Crippen LogP contribution in [0.25, 0.3) is 10.8 Å². The highest BCUT2D eigenvalue weighted by atomic mass is 16.6. The summed E-state index contributed by atoms with van der Waals surface area (Å²) in [5.74, 6) is -2.09. The van der Waals surface area contributed by atoms with Gasteiger partial charge in [-0.05, 0) is 43.5 Å². The number of methoxy groups -OCH3 is 1. The van der Waals surface area contributed by atoms with E-state index >= 15 is 0 Å². The van der Waals surface area contributed by atoms with E-state index in [9.17, 15) is 9.59 Å². The summed E-state index contributed by atoms with van der Waals surface area (Å²) < 4.78 is 10.1. The van der Waals surface area contributed by atoms with Crippen molar-refractivity contribution in [2.45, 2.75) is 32.8 Å². The highest BCUT2D eigenvalue weighted by Gasteiger charge is 2.32. The monoisotopic (exact) mass is 314 g/mol. The summed E-state index contributed by atoms with van der Waals surface area (Å²) in [6.07, 6.45) is 0.256. The normalized spacial score (nSPS) is 12.7. The molecule has 1 atom stereocenters. The quantitative estimate of drug-likeness (QED) is 0.640. The van der Waals surface area contributed by atoms with Crippen molar-refractivity contribution in [1.29, 1.82) is 0 Å². The van der Waals surface area contributed by atoms with Crippen LogP contribution in [-0.4, -0.2) is 24.6 Å². The molecule has 1 unspecified atom stereocenters. The van der Waals surface area contributed by atoms with Gasteiger partial charge in [-0.3, -0.25) is 9.59 Å². The van der Waals surface area contributed by atoms with Crippen LogP contribution in [0.4, 0.5) is 0 Å². The molecule has 2 aromatic carbocycles. The number of hydrogen-bond donors (Lipinski definition) is 0. The Labute approximate surface area is 136 Å². The number of carbonyl (C=O) groups excluding carboxylic acids is 2. The van der Waals surface area contributed by atoms with Gasteiger partial charge in [0.15, 0.2) is 5.92 Å². The number of rotatable bonds is 4. The van der Waals surface area contributed by atoms with Gasteiger partial charge in [0, 0.05) is 0 Å². The number of esters is 2. The molecule has 0 spiro atoms. The number of carbonyl (C=O) groups is 2. The van der Waals surface area contributed by atoms with Crippen LogP contribution in [0.1, 0.15) is 26.3 Å². The molecule has 23 heavy (non-hydrogen) atoms. The average Bonchev–Trinajstić information content (AvgIpc) is 2.50. The number of ether oxygens (including phenoxy) is 2. The molecule has 0 radical (unpaired) electrons. The molecule has 0 bridgehead atoms. The Balaban J connectivity index is 2.25. The van der Waals surface area contributed by atoms with Crippen molar-refractivity contribution in [3.8, 4) is 0 Å². The molecule has 2 rings (SSSR count). The molecule has 0 saturated heterocycles. The number of fused-ring (bicyclic) bond motifs is 1. The van der Waals surface area contributed by atoms with Crippen molar-refractivity contribution >= 4 is 22.7 Å². The maximum atomic E-state index is 12.3. The van der Waals surface area contributed by atoms with Gasteiger partial charge < -0.3 is 9.47 Å². The van der Waals surface area contributed by atoms with E-state index in [-0.39, 0.29) is 6.42 Å². The van der Waals surface area contributed by atoms with Gasteiger partial charge in [-0.25, -0.2) is 0 Å². The lowest BCUT2D eigenvalue weighted by atomic mass is 9.97. The van der Waals surface area contributed by atoms with E-state index in [1.54, 1.807) is 20.8 Å². The largest absolute Gasteiger partial charge is 0.468 e. The van der Waals surface area contributed by atoms with Crippen LogP contribution in [0, 0.1) is 5.92 Å². The molecule has 0 aromatic heterocycles. The molecule has 0 aliphatic rings. The summed E-state index contributed by atoms with van der Waals surface area (Å²) in [7, 11) is 1.28. The molecular formula is C19H22O4. The maximum Gasteiger partial charge on any atom is 0.321 e. The summed E-state index contributed by atoms with van der Waals surface area (Å²) in [6.45, 7) is 5.32. The van der Waals surface area contributed by atoms with E-state index in [4.69, 9.17) is 9.47 Å². The smallest absolute Gasteiger partial charge is 0.321 e. The number of hydrogen-bond acceptors (Lipinski definition) is 4. The van der Waals surface area contributed by atoms with Crippen LogP contribution < -0.4 is 0 Å². The van der Waals surface area contributed by atoms with E-state index in [0.29, 0.717) is 0 Å². The summed E-state index contributed by atoms with van der Waals surface area (Å²) in [5, 5.41) is 2.18. The average molecular weight is 314 g/mol. The van der Waals surface area contributed by atoms with Gasteiger partial charge >= 0.3 is 11.9 Å². The Bertz CT molecular complexity index is 713. The standard InChI is InChI=1S/C19H22O4/c1-19(2,3)23-18(21)16(17(20)22-4)12-13-9-10-14-7-5-6-8-15(14)11-13/h5-11,16H,12H2,1-4H3. The first-order valence-corrected chi connectivity index (χ1v) is 7.58.